The van der Waals surface area contributed by atoms with Crippen molar-refractivity contribution in [3.8, 4) is 5.75 Å². The first-order valence-electron chi connectivity index (χ1n) is 9.07. The predicted molar refractivity (Wildman–Crippen MR) is 107 cm³/mol. The fourth-order valence-corrected chi connectivity index (χ4v) is 3.17. The van der Waals surface area contributed by atoms with Crippen LogP contribution in [0.3, 0.4) is 0 Å². The molecule has 0 bridgehead atoms. The summed E-state index contributed by atoms with van der Waals surface area (Å²) in [5, 5.41) is 4.07. The number of hydrogen-bond acceptors (Lipinski definition) is 4. The molecule has 0 unspecified atom stereocenters. The number of benzene rings is 2. The minimum atomic E-state index is -0.199. The van der Waals surface area contributed by atoms with Crippen LogP contribution < -0.4 is 10.1 Å². The first-order chi connectivity index (χ1) is 13.0. The topological polar surface area (TPSA) is 54.7 Å². The van der Waals surface area contributed by atoms with Gasteiger partial charge in [-0.15, -0.1) is 0 Å². The zero-order valence-electron chi connectivity index (χ0n) is 16.3. The number of rotatable bonds is 7. The molecule has 27 heavy (non-hydrogen) atoms. The second-order valence-corrected chi connectivity index (χ2v) is 6.95. The molecule has 0 aliphatic carbocycles. The number of fused-ring (bicyclic) bond motifs is 1. The largest absolute Gasteiger partial charge is 0.497 e. The Morgan fingerprint density at radius 1 is 1.19 bits per heavy atom. The van der Waals surface area contributed by atoms with Crippen molar-refractivity contribution in [3.05, 3.63) is 65.4 Å². The monoisotopic (exact) mass is 366 g/mol. The van der Waals surface area contributed by atoms with Gasteiger partial charge in [0, 0.05) is 17.0 Å². The summed E-state index contributed by atoms with van der Waals surface area (Å²) in [5.74, 6) is 0.857. The number of carbonyl (C=O) groups excluding carboxylic acids is 1. The molecule has 1 N–H and O–H groups in total. The lowest BCUT2D eigenvalue weighted by molar-refractivity contribution is 0.0906. The fourth-order valence-electron chi connectivity index (χ4n) is 3.17. The summed E-state index contributed by atoms with van der Waals surface area (Å²) in [6.45, 7) is 2.78. The molecule has 0 saturated heterocycles. The molecule has 0 spiro atoms. The standard InChI is InChI=1S/C22H26N2O3/c1-15-18-11-10-17(26-4)14-20(18)27-21(15)22(25)23-19(12-13-24(2)3)16-8-6-5-7-9-16/h5-11,14,19H,12-13H2,1-4H3,(H,23,25)/t19-/m1/s1. The Bertz CT molecular complexity index is 916. The van der Waals surface area contributed by atoms with E-state index in [-0.39, 0.29) is 11.9 Å². The van der Waals surface area contributed by atoms with Crippen LogP contribution in [0.1, 0.15) is 34.1 Å². The van der Waals surface area contributed by atoms with Crippen LogP contribution in [0.2, 0.25) is 0 Å². The first-order valence-corrected chi connectivity index (χ1v) is 9.07. The van der Waals surface area contributed by atoms with Crippen molar-refractivity contribution in [1.29, 1.82) is 0 Å². The normalized spacial score (nSPS) is 12.3. The maximum absolute atomic E-state index is 13.0. The van der Waals surface area contributed by atoms with E-state index >= 15 is 0 Å². The molecule has 0 radical (unpaired) electrons. The highest BCUT2D eigenvalue weighted by atomic mass is 16.5. The van der Waals surface area contributed by atoms with E-state index in [0.29, 0.717) is 17.1 Å². The fraction of sp³-hybridized carbons (Fsp3) is 0.318. The number of ether oxygens (including phenoxy) is 1. The maximum Gasteiger partial charge on any atom is 0.287 e. The van der Waals surface area contributed by atoms with Gasteiger partial charge in [-0.2, -0.15) is 0 Å². The lowest BCUT2D eigenvalue weighted by atomic mass is 10.0. The lowest BCUT2D eigenvalue weighted by Crippen LogP contribution is -2.31. The zero-order chi connectivity index (χ0) is 19.4. The van der Waals surface area contributed by atoms with E-state index in [4.69, 9.17) is 9.15 Å². The second kappa shape index (κ2) is 8.27. The van der Waals surface area contributed by atoms with Crippen molar-refractivity contribution in [1.82, 2.24) is 10.2 Å². The van der Waals surface area contributed by atoms with Crippen molar-refractivity contribution in [2.45, 2.75) is 19.4 Å². The van der Waals surface area contributed by atoms with Gasteiger partial charge in [0.15, 0.2) is 5.76 Å². The third-order valence-electron chi connectivity index (χ3n) is 4.72. The Morgan fingerprint density at radius 2 is 1.93 bits per heavy atom. The highest BCUT2D eigenvalue weighted by Gasteiger charge is 2.22. The van der Waals surface area contributed by atoms with Gasteiger partial charge in [0.25, 0.3) is 5.91 Å². The third-order valence-corrected chi connectivity index (χ3v) is 4.72. The molecule has 0 saturated carbocycles. The van der Waals surface area contributed by atoms with E-state index in [0.717, 1.165) is 29.5 Å². The number of nitrogens with zero attached hydrogens (tertiary/aromatic N) is 1. The molecule has 0 aliphatic rings. The van der Waals surface area contributed by atoms with E-state index in [1.807, 2.05) is 63.5 Å². The molecule has 1 aromatic heterocycles. The molecule has 3 rings (SSSR count). The highest BCUT2D eigenvalue weighted by Crippen LogP contribution is 2.29. The summed E-state index contributed by atoms with van der Waals surface area (Å²) in [7, 11) is 5.67. The molecule has 1 amide bonds. The van der Waals surface area contributed by atoms with Crippen LogP contribution in [0.5, 0.6) is 5.75 Å². The van der Waals surface area contributed by atoms with Crippen LogP contribution in [0.25, 0.3) is 11.0 Å². The highest BCUT2D eigenvalue weighted by molar-refractivity contribution is 5.99. The van der Waals surface area contributed by atoms with Crippen molar-refractivity contribution in [3.63, 3.8) is 0 Å². The molecular formula is C22H26N2O3. The lowest BCUT2D eigenvalue weighted by Gasteiger charge is -2.21. The molecule has 1 atom stereocenters. The van der Waals surface area contributed by atoms with Crippen LogP contribution in [0.15, 0.2) is 52.9 Å². The quantitative estimate of drug-likeness (QED) is 0.682. The van der Waals surface area contributed by atoms with Crippen molar-refractivity contribution in [2.24, 2.45) is 0 Å². The van der Waals surface area contributed by atoms with Gasteiger partial charge in [-0.3, -0.25) is 4.79 Å². The van der Waals surface area contributed by atoms with E-state index in [1.165, 1.54) is 0 Å². The smallest absolute Gasteiger partial charge is 0.287 e. The van der Waals surface area contributed by atoms with Crippen LogP contribution in [0.4, 0.5) is 0 Å². The van der Waals surface area contributed by atoms with E-state index in [9.17, 15) is 4.79 Å². The Morgan fingerprint density at radius 3 is 2.59 bits per heavy atom. The third kappa shape index (κ3) is 4.31. The van der Waals surface area contributed by atoms with E-state index in [2.05, 4.69) is 10.2 Å². The number of hydrogen-bond donors (Lipinski definition) is 1. The molecule has 5 heteroatoms. The van der Waals surface area contributed by atoms with Crippen LogP contribution >= 0.6 is 0 Å². The van der Waals surface area contributed by atoms with Crippen LogP contribution in [0, 0.1) is 6.92 Å². The number of furan rings is 1. The van der Waals surface area contributed by atoms with E-state index in [1.54, 1.807) is 13.2 Å². The number of methoxy groups -OCH3 is 1. The molecular weight excluding hydrogens is 340 g/mol. The van der Waals surface area contributed by atoms with Gasteiger partial charge in [-0.1, -0.05) is 30.3 Å². The Hall–Kier alpha value is -2.79. The van der Waals surface area contributed by atoms with Gasteiger partial charge >= 0.3 is 0 Å². The molecule has 2 aromatic carbocycles. The van der Waals surface area contributed by atoms with Crippen LogP contribution in [-0.2, 0) is 0 Å². The van der Waals surface area contributed by atoms with Crippen molar-refractivity contribution < 1.29 is 13.9 Å². The van der Waals surface area contributed by atoms with Gasteiger partial charge in [-0.05, 0) is 51.7 Å². The van der Waals surface area contributed by atoms with Gasteiger partial charge in [0.05, 0.1) is 13.2 Å². The van der Waals surface area contributed by atoms with Crippen molar-refractivity contribution in [2.75, 3.05) is 27.7 Å². The number of amides is 1. The minimum Gasteiger partial charge on any atom is -0.497 e. The summed E-state index contributed by atoms with van der Waals surface area (Å²) in [6, 6.07) is 15.6. The molecule has 0 fully saturated rings. The van der Waals surface area contributed by atoms with Gasteiger partial charge in [0.2, 0.25) is 0 Å². The Balaban J connectivity index is 1.86. The summed E-state index contributed by atoms with van der Waals surface area (Å²) in [4.78, 5) is 15.1. The molecule has 5 nitrogen and oxygen atoms in total. The van der Waals surface area contributed by atoms with Crippen molar-refractivity contribution >= 4 is 16.9 Å². The Labute approximate surface area is 159 Å². The van der Waals surface area contributed by atoms with Gasteiger partial charge in [-0.25, -0.2) is 0 Å². The molecule has 0 aliphatic heterocycles. The molecule has 142 valence electrons. The van der Waals surface area contributed by atoms with Gasteiger partial charge < -0.3 is 19.4 Å². The summed E-state index contributed by atoms with van der Waals surface area (Å²) >= 11 is 0. The van der Waals surface area contributed by atoms with E-state index < -0.39 is 0 Å². The molecule has 3 aromatic rings. The predicted octanol–water partition coefficient (Wildman–Crippen LogP) is 4.17. The Kier molecular flexibility index (Phi) is 5.81. The number of aryl methyl sites for hydroxylation is 1. The summed E-state index contributed by atoms with van der Waals surface area (Å²) in [5.41, 5.74) is 2.58. The maximum atomic E-state index is 13.0. The SMILES string of the molecule is COc1ccc2c(C)c(C(=O)N[C@H](CCN(C)C)c3ccccc3)oc2c1. The summed E-state index contributed by atoms with van der Waals surface area (Å²) < 4.78 is 11.1. The average molecular weight is 366 g/mol. The second-order valence-electron chi connectivity index (χ2n) is 6.95. The van der Waals surface area contributed by atoms with Crippen LogP contribution in [-0.4, -0.2) is 38.6 Å². The number of nitrogens with one attached hydrogen (secondary N) is 1. The number of carbonyl (C=O) groups is 1. The minimum absolute atomic E-state index is 0.0803. The average Bonchev–Trinajstić information content (AvgIpc) is 3.01. The zero-order valence-corrected chi connectivity index (χ0v) is 16.3. The first kappa shape index (κ1) is 19.0. The molecule has 1 heterocycles. The summed E-state index contributed by atoms with van der Waals surface area (Å²) in [6.07, 6.45) is 0.815. The van der Waals surface area contributed by atoms with Gasteiger partial charge in [0.1, 0.15) is 11.3 Å².